The molecule has 0 atom stereocenters. The Morgan fingerprint density at radius 2 is 1.89 bits per heavy atom. The van der Waals surface area contributed by atoms with Gasteiger partial charge in [0, 0.05) is 18.2 Å². The van der Waals surface area contributed by atoms with E-state index in [9.17, 15) is 9.59 Å². The summed E-state index contributed by atoms with van der Waals surface area (Å²) in [7, 11) is 0. The summed E-state index contributed by atoms with van der Waals surface area (Å²) in [6, 6.07) is 6.94. The van der Waals surface area contributed by atoms with Gasteiger partial charge in [-0.1, -0.05) is 6.92 Å². The van der Waals surface area contributed by atoms with Crippen molar-refractivity contribution in [1.29, 1.82) is 0 Å². The Kier molecular flexibility index (Phi) is 3.46. The van der Waals surface area contributed by atoms with Gasteiger partial charge in [-0.3, -0.25) is 4.79 Å². The summed E-state index contributed by atoms with van der Waals surface area (Å²) >= 11 is 0. The van der Waals surface area contributed by atoms with Gasteiger partial charge in [-0.05, 0) is 31.2 Å². The number of rotatable bonds is 4. The largest absolute Gasteiger partial charge is 0.478 e. The third-order valence-electron chi connectivity index (χ3n) is 2.90. The highest BCUT2D eigenvalue weighted by Crippen LogP contribution is 2.14. The highest BCUT2D eigenvalue weighted by molar-refractivity contribution is 5.96. The molecule has 2 aromatic rings. The van der Waals surface area contributed by atoms with Crippen LogP contribution in [-0.2, 0) is 0 Å². The van der Waals surface area contributed by atoms with Crippen molar-refractivity contribution in [1.82, 2.24) is 9.78 Å². The molecule has 0 unspecified atom stereocenters. The summed E-state index contributed by atoms with van der Waals surface area (Å²) in [4.78, 5) is 22.5. The standard InChI is InChI=1S/C14H14N2O3/c1-3-13(17)10-4-6-11(7-5-10)16-8-12(14(18)19)9(2)15-16/h4-8H,3H2,1-2H3,(H,18,19). The fourth-order valence-electron chi connectivity index (χ4n) is 1.81. The van der Waals surface area contributed by atoms with Gasteiger partial charge >= 0.3 is 5.97 Å². The van der Waals surface area contributed by atoms with Gasteiger partial charge < -0.3 is 5.11 Å². The van der Waals surface area contributed by atoms with E-state index >= 15 is 0 Å². The average molecular weight is 258 g/mol. The minimum atomic E-state index is -0.999. The van der Waals surface area contributed by atoms with Crippen LogP contribution in [0.25, 0.3) is 5.69 Å². The van der Waals surface area contributed by atoms with Gasteiger partial charge in [-0.2, -0.15) is 5.10 Å². The summed E-state index contributed by atoms with van der Waals surface area (Å²) in [5.41, 5.74) is 2.01. The molecule has 0 radical (unpaired) electrons. The number of hydrogen-bond donors (Lipinski definition) is 1. The molecular weight excluding hydrogens is 244 g/mol. The van der Waals surface area contributed by atoms with E-state index < -0.39 is 5.97 Å². The van der Waals surface area contributed by atoms with Crippen LogP contribution >= 0.6 is 0 Å². The molecule has 0 aliphatic heterocycles. The first-order chi connectivity index (χ1) is 9.02. The van der Waals surface area contributed by atoms with Crippen LogP contribution in [0.4, 0.5) is 0 Å². The zero-order valence-corrected chi connectivity index (χ0v) is 10.8. The molecule has 5 nitrogen and oxygen atoms in total. The minimum Gasteiger partial charge on any atom is -0.478 e. The van der Waals surface area contributed by atoms with Crippen molar-refractivity contribution in [3.05, 3.63) is 47.3 Å². The Labute approximate surface area is 110 Å². The molecule has 1 aromatic heterocycles. The molecule has 0 saturated heterocycles. The second kappa shape index (κ2) is 5.06. The molecule has 5 heteroatoms. The van der Waals surface area contributed by atoms with E-state index in [1.54, 1.807) is 31.2 Å². The van der Waals surface area contributed by atoms with Crippen LogP contribution < -0.4 is 0 Å². The second-order valence-electron chi connectivity index (χ2n) is 4.20. The normalized spacial score (nSPS) is 10.4. The molecule has 0 bridgehead atoms. The number of Topliss-reactive ketones (excluding diaryl/α,β-unsaturated/α-hetero) is 1. The summed E-state index contributed by atoms with van der Waals surface area (Å²) in [6.45, 7) is 3.46. The van der Waals surface area contributed by atoms with E-state index in [0.29, 0.717) is 17.7 Å². The number of nitrogens with zero attached hydrogens (tertiary/aromatic N) is 2. The molecule has 19 heavy (non-hydrogen) atoms. The van der Waals surface area contributed by atoms with Gasteiger partial charge in [0.2, 0.25) is 0 Å². The Hall–Kier alpha value is -2.43. The lowest BCUT2D eigenvalue weighted by atomic mass is 10.1. The average Bonchev–Trinajstić information content (AvgIpc) is 2.80. The summed E-state index contributed by atoms with van der Waals surface area (Å²) < 4.78 is 1.50. The van der Waals surface area contributed by atoms with Crippen molar-refractivity contribution in [2.75, 3.05) is 0 Å². The highest BCUT2D eigenvalue weighted by atomic mass is 16.4. The number of aryl methyl sites for hydroxylation is 1. The topological polar surface area (TPSA) is 72.2 Å². The van der Waals surface area contributed by atoms with Crippen LogP contribution in [0.2, 0.25) is 0 Å². The van der Waals surface area contributed by atoms with Gasteiger partial charge in [0.15, 0.2) is 5.78 Å². The third kappa shape index (κ3) is 2.54. The van der Waals surface area contributed by atoms with Crippen molar-refractivity contribution < 1.29 is 14.7 Å². The Balaban J connectivity index is 2.35. The van der Waals surface area contributed by atoms with Crippen LogP contribution in [0.3, 0.4) is 0 Å². The molecule has 0 aliphatic carbocycles. The van der Waals surface area contributed by atoms with Gasteiger partial charge in [-0.25, -0.2) is 9.48 Å². The Morgan fingerprint density at radius 3 is 2.37 bits per heavy atom. The minimum absolute atomic E-state index is 0.0782. The zero-order chi connectivity index (χ0) is 14.0. The number of benzene rings is 1. The van der Waals surface area contributed by atoms with E-state index in [4.69, 9.17) is 5.11 Å². The molecule has 0 aliphatic rings. The summed E-state index contributed by atoms with van der Waals surface area (Å²) in [5.74, 6) is -0.920. The van der Waals surface area contributed by atoms with Crippen molar-refractivity contribution in [3.8, 4) is 5.69 Å². The fraction of sp³-hybridized carbons (Fsp3) is 0.214. The predicted octanol–water partition coefficient (Wildman–Crippen LogP) is 2.47. The molecule has 2 rings (SSSR count). The van der Waals surface area contributed by atoms with Gasteiger partial charge in [0.1, 0.15) is 5.56 Å². The number of aromatic carboxylic acids is 1. The summed E-state index contributed by atoms with van der Waals surface area (Å²) in [6.07, 6.45) is 1.93. The van der Waals surface area contributed by atoms with Crippen molar-refractivity contribution in [2.45, 2.75) is 20.3 Å². The SMILES string of the molecule is CCC(=O)c1ccc(-n2cc(C(=O)O)c(C)n2)cc1. The quantitative estimate of drug-likeness (QED) is 0.855. The predicted molar refractivity (Wildman–Crippen MR) is 69.9 cm³/mol. The van der Waals surface area contributed by atoms with Gasteiger partial charge in [0.05, 0.1) is 11.4 Å². The first kappa shape index (κ1) is 13.0. The van der Waals surface area contributed by atoms with Crippen molar-refractivity contribution >= 4 is 11.8 Å². The van der Waals surface area contributed by atoms with E-state index in [2.05, 4.69) is 5.10 Å². The van der Waals surface area contributed by atoms with Crippen molar-refractivity contribution in [2.24, 2.45) is 0 Å². The molecule has 1 heterocycles. The van der Waals surface area contributed by atoms with Gasteiger partial charge in [0.25, 0.3) is 0 Å². The number of carbonyl (C=O) groups is 2. The zero-order valence-electron chi connectivity index (χ0n) is 10.8. The molecule has 1 aromatic carbocycles. The number of carboxylic acid groups (broad SMARTS) is 1. The van der Waals surface area contributed by atoms with Crippen LogP contribution in [0.1, 0.15) is 39.8 Å². The summed E-state index contributed by atoms with van der Waals surface area (Å²) in [5, 5.41) is 13.1. The van der Waals surface area contributed by atoms with E-state index in [0.717, 1.165) is 5.69 Å². The lowest BCUT2D eigenvalue weighted by Crippen LogP contribution is -1.99. The molecule has 1 N–H and O–H groups in total. The molecule has 0 amide bonds. The highest BCUT2D eigenvalue weighted by Gasteiger charge is 2.12. The third-order valence-corrected chi connectivity index (χ3v) is 2.90. The lowest BCUT2D eigenvalue weighted by molar-refractivity contribution is 0.0696. The number of carboxylic acids is 1. The first-order valence-electron chi connectivity index (χ1n) is 5.96. The molecule has 0 fully saturated rings. The number of aromatic nitrogens is 2. The maximum absolute atomic E-state index is 11.5. The molecule has 0 spiro atoms. The maximum Gasteiger partial charge on any atom is 0.339 e. The second-order valence-corrected chi connectivity index (χ2v) is 4.20. The molecule has 0 saturated carbocycles. The van der Waals surface area contributed by atoms with Crippen LogP contribution in [-0.4, -0.2) is 26.6 Å². The lowest BCUT2D eigenvalue weighted by Gasteiger charge is -2.02. The van der Waals surface area contributed by atoms with Crippen molar-refractivity contribution in [3.63, 3.8) is 0 Å². The van der Waals surface area contributed by atoms with E-state index in [1.165, 1.54) is 10.9 Å². The van der Waals surface area contributed by atoms with Crippen LogP contribution in [0, 0.1) is 6.92 Å². The smallest absolute Gasteiger partial charge is 0.339 e. The molecular formula is C14H14N2O3. The first-order valence-corrected chi connectivity index (χ1v) is 5.96. The van der Waals surface area contributed by atoms with Crippen LogP contribution in [0.5, 0.6) is 0 Å². The van der Waals surface area contributed by atoms with Crippen LogP contribution in [0.15, 0.2) is 30.5 Å². The van der Waals surface area contributed by atoms with Gasteiger partial charge in [-0.15, -0.1) is 0 Å². The molecule has 98 valence electrons. The number of hydrogen-bond acceptors (Lipinski definition) is 3. The Bertz CT molecular complexity index is 627. The maximum atomic E-state index is 11.5. The van der Waals surface area contributed by atoms with E-state index in [1.807, 2.05) is 6.92 Å². The Morgan fingerprint density at radius 1 is 1.26 bits per heavy atom. The van der Waals surface area contributed by atoms with E-state index in [-0.39, 0.29) is 11.3 Å². The number of carbonyl (C=O) groups excluding carboxylic acids is 1. The monoisotopic (exact) mass is 258 g/mol. The fourth-order valence-corrected chi connectivity index (χ4v) is 1.81. The number of ketones is 1.